The molecule has 26 heavy (non-hydrogen) atoms. The van der Waals surface area contributed by atoms with Gasteiger partial charge in [-0.2, -0.15) is 0 Å². The first-order chi connectivity index (χ1) is 12.6. The van der Waals surface area contributed by atoms with Crippen LogP contribution in [0.3, 0.4) is 0 Å². The van der Waals surface area contributed by atoms with Crippen LogP contribution in [0.4, 0.5) is 0 Å². The molecule has 1 aliphatic carbocycles. The summed E-state index contributed by atoms with van der Waals surface area (Å²) in [6, 6.07) is 7.08. The summed E-state index contributed by atoms with van der Waals surface area (Å²) in [4.78, 5) is 26.4. The van der Waals surface area contributed by atoms with Gasteiger partial charge < -0.3 is 14.4 Å². The van der Waals surface area contributed by atoms with E-state index in [2.05, 4.69) is 6.08 Å². The fourth-order valence-electron chi connectivity index (χ4n) is 3.10. The molecule has 0 atom stereocenters. The minimum absolute atomic E-state index is 0.0617. The zero-order valence-electron chi connectivity index (χ0n) is 15.8. The number of methoxy groups -OCH3 is 1. The predicted octanol–water partition coefficient (Wildman–Crippen LogP) is 3.98. The monoisotopic (exact) mass is 359 g/mol. The van der Waals surface area contributed by atoms with Crippen LogP contribution in [0, 0.1) is 0 Å². The molecule has 1 aliphatic rings. The molecule has 0 bridgehead atoms. The maximum Gasteiger partial charge on any atom is 0.307 e. The summed E-state index contributed by atoms with van der Waals surface area (Å²) in [6.45, 7) is 3.14. The maximum absolute atomic E-state index is 12.9. The van der Waals surface area contributed by atoms with E-state index in [-0.39, 0.29) is 18.3 Å². The van der Waals surface area contributed by atoms with Crippen molar-refractivity contribution in [2.45, 2.75) is 45.4 Å². The second kappa shape index (κ2) is 10.6. The highest BCUT2D eigenvalue weighted by molar-refractivity contribution is 5.94. The molecular weight excluding hydrogens is 330 g/mol. The Hall–Kier alpha value is -2.30. The number of ether oxygens (including phenoxy) is 2. The number of esters is 1. The van der Waals surface area contributed by atoms with Crippen molar-refractivity contribution in [3.05, 3.63) is 41.5 Å². The average molecular weight is 359 g/mol. The first-order valence-electron chi connectivity index (χ1n) is 9.41. The number of rotatable bonds is 9. The number of nitrogens with zero attached hydrogens (tertiary/aromatic N) is 1. The zero-order valence-corrected chi connectivity index (χ0v) is 15.8. The first-order valence-corrected chi connectivity index (χ1v) is 9.41. The summed E-state index contributed by atoms with van der Waals surface area (Å²) in [5, 5.41) is 0. The second-order valence-electron chi connectivity index (χ2n) is 6.43. The Morgan fingerprint density at radius 2 is 1.88 bits per heavy atom. The lowest BCUT2D eigenvalue weighted by molar-refractivity contribution is -0.143. The van der Waals surface area contributed by atoms with Crippen LogP contribution < -0.4 is 4.74 Å². The molecular formula is C21H29NO4. The van der Waals surface area contributed by atoms with Crippen molar-refractivity contribution in [2.24, 2.45) is 0 Å². The molecule has 0 N–H and O–H groups in total. The maximum atomic E-state index is 12.9. The van der Waals surface area contributed by atoms with Crippen molar-refractivity contribution in [3.8, 4) is 5.75 Å². The lowest BCUT2D eigenvalue weighted by Crippen LogP contribution is -2.34. The number of benzene rings is 1. The molecule has 0 saturated heterocycles. The minimum Gasteiger partial charge on any atom is -0.497 e. The Morgan fingerprint density at radius 3 is 2.50 bits per heavy atom. The van der Waals surface area contributed by atoms with Crippen LogP contribution in [0.25, 0.3) is 0 Å². The lowest BCUT2D eigenvalue weighted by atomic mass is 9.97. The third-order valence-electron chi connectivity index (χ3n) is 4.60. The summed E-state index contributed by atoms with van der Waals surface area (Å²) in [7, 11) is 1.60. The summed E-state index contributed by atoms with van der Waals surface area (Å²) in [5.41, 5.74) is 2.02. The normalized spacial score (nSPS) is 13.7. The fraction of sp³-hybridized carbons (Fsp3) is 0.524. The molecule has 142 valence electrons. The van der Waals surface area contributed by atoms with Crippen LogP contribution in [-0.2, 0) is 9.53 Å². The molecule has 1 amide bonds. The summed E-state index contributed by atoms with van der Waals surface area (Å²) in [5.74, 6) is 0.386. The van der Waals surface area contributed by atoms with Crippen LogP contribution >= 0.6 is 0 Å². The minimum atomic E-state index is -0.267. The van der Waals surface area contributed by atoms with Gasteiger partial charge in [-0.1, -0.05) is 11.6 Å². The Balaban J connectivity index is 2.02. The standard InChI is InChI=1S/C21H29NO4/c1-3-26-20(23)14-16-22(15-13-17-7-5-4-6-8-17)21(24)18-9-11-19(25-2)12-10-18/h7,9-12H,3-6,8,13-16H2,1-2H3. The van der Waals surface area contributed by atoms with Gasteiger partial charge in [-0.25, -0.2) is 0 Å². The Labute approximate surface area is 156 Å². The largest absolute Gasteiger partial charge is 0.497 e. The highest BCUT2D eigenvalue weighted by Crippen LogP contribution is 2.21. The summed E-state index contributed by atoms with van der Waals surface area (Å²) in [6.07, 6.45) is 8.10. The number of hydrogen-bond donors (Lipinski definition) is 0. The molecule has 0 spiro atoms. The molecule has 5 heteroatoms. The van der Waals surface area contributed by atoms with Crippen molar-refractivity contribution in [1.82, 2.24) is 4.90 Å². The van der Waals surface area contributed by atoms with E-state index >= 15 is 0 Å². The van der Waals surface area contributed by atoms with E-state index in [9.17, 15) is 9.59 Å². The highest BCUT2D eigenvalue weighted by atomic mass is 16.5. The van der Waals surface area contributed by atoms with Gasteiger partial charge in [0.05, 0.1) is 20.1 Å². The van der Waals surface area contributed by atoms with Gasteiger partial charge in [0.1, 0.15) is 5.75 Å². The number of carbonyl (C=O) groups is 2. The van der Waals surface area contributed by atoms with Gasteiger partial charge in [0, 0.05) is 18.7 Å². The van der Waals surface area contributed by atoms with Gasteiger partial charge in [-0.05, 0) is 63.3 Å². The highest BCUT2D eigenvalue weighted by Gasteiger charge is 2.18. The van der Waals surface area contributed by atoms with Crippen LogP contribution in [0.2, 0.25) is 0 Å². The SMILES string of the molecule is CCOC(=O)CCN(CCC1=CCCCC1)C(=O)c1ccc(OC)cc1. The molecule has 0 aliphatic heterocycles. The van der Waals surface area contributed by atoms with E-state index in [0.717, 1.165) is 19.3 Å². The smallest absolute Gasteiger partial charge is 0.307 e. The molecule has 0 radical (unpaired) electrons. The fourth-order valence-corrected chi connectivity index (χ4v) is 3.10. The number of amides is 1. The molecule has 5 nitrogen and oxygen atoms in total. The van der Waals surface area contributed by atoms with Gasteiger partial charge in [0.25, 0.3) is 5.91 Å². The van der Waals surface area contributed by atoms with Crippen molar-refractivity contribution >= 4 is 11.9 Å². The molecule has 1 aromatic rings. The number of hydrogen-bond acceptors (Lipinski definition) is 4. The van der Waals surface area contributed by atoms with Crippen LogP contribution in [0.15, 0.2) is 35.9 Å². The van der Waals surface area contributed by atoms with Gasteiger partial charge in [0.15, 0.2) is 0 Å². The third kappa shape index (κ3) is 6.21. The Bertz CT molecular complexity index is 621. The topological polar surface area (TPSA) is 55.8 Å². The van der Waals surface area contributed by atoms with Crippen LogP contribution in [0.1, 0.15) is 55.8 Å². The lowest BCUT2D eigenvalue weighted by Gasteiger charge is -2.24. The Morgan fingerprint density at radius 1 is 1.12 bits per heavy atom. The van der Waals surface area contributed by atoms with Gasteiger partial charge in [0.2, 0.25) is 0 Å². The van der Waals surface area contributed by atoms with Gasteiger partial charge in [-0.15, -0.1) is 0 Å². The number of allylic oxidation sites excluding steroid dienone is 1. The zero-order chi connectivity index (χ0) is 18.8. The molecule has 1 aromatic carbocycles. The second-order valence-corrected chi connectivity index (χ2v) is 6.43. The molecule has 0 fully saturated rings. The molecule has 0 saturated carbocycles. The Kier molecular flexibility index (Phi) is 8.19. The van der Waals surface area contributed by atoms with E-state index < -0.39 is 0 Å². The first kappa shape index (κ1) is 20.0. The van der Waals surface area contributed by atoms with Crippen molar-refractivity contribution in [3.63, 3.8) is 0 Å². The third-order valence-corrected chi connectivity index (χ3v) is 4.60. The van der Waals surface area contributed by atoms with Crippen LogP contribution in [-0.4, -0.2) is 43.6 Å². The molecule has 0 heterocycles. The van der Waals surface area contributed by atoms with E-state index in [1.807, 2.05) is 0 Å². The average Bonchev–Trinajstić information content (AvgIpc) is 2.68. The van der Waals surface area contributed by atoms with Gasteiger partial charge in [-0.3, -0.25) is 9.59 Å². The van der Waals surface area contributed by atoms with Crippen LogP contribution in [0.5, 0.6) is 5.75 Å². The van der Waals surface area contributed by atoms with Gasteiger partial charge >= 0.3 is 5.97 Å². The van der Waals surface area contributed by atoms with Crippen molar-refractivity contribution in [2.75, 3.05) is 26.8 Å². The summed E-state index contributed by atoms with van der Waals surface area (Å²) >= 11 is 0. The quantitative estimate of drug-likeness (QED) is 0.494. The summed E-state index contributed by atoms with van der Waals surface area (Å²) < 4.78 is 10.1. The van der Waals surface area contributed by atoms with E-state index in [1.54, 1.807) is 43.2 Å². The van der Waals surface area contributed by atoms with E-state index in [0.29, 0.717) is 31.0 Å². The van der Waals surface area contributed by atoms with Crippen molar-refractivity contribution < 1.29 is 19.1 Å². The molecule has 0 unspecified atom stereocenters. The predicted molar refractivity (Wildman–Crippen MR) is 101 cm³/mol. The van der Waals surface area contributed by atoms with E-state index in [4.69, 9.17) is 9.47 Å². The molecule has 2 rings (SSSR count). The van der Waals surface area contributed by atoms with Crippen molar-refractivity contribution in [1.29, 1.82) is 0 Å². The van der Waals surface area contributed by atoms with E-state index in [1.165, 1.54) is 18.4 Å². The number of carbonyl (C=O) groups excluding carboxylic acids is 2. The molecule has 0 aromatic heterocycles.